The van der Waals surface area contributed by atoms with Crippen molar-refractivity contribution in [2.75, 3.05) is 13.1 Å². The Labute approximate surface area is 303 Å². The fraction of sp³-hybridized carbons (Fsp3) is 0.842. The van der Waals surface area contributed by atoms with E-state index >= 15 is 0 Å². The van der Waals surface area contributed by atoms with E-state index in [1.54, 1.807) is 20.8 Å². The number of rotatable bonds is 11. The lowest BCUT2D eigenvalue weighted by Gasteiger charge is -2.36. The number of nitrogens with one attached hydrogen (secondary N) is 3. The lowest BCUT2D eigenvalue weighted by atomic mass is 9.80. The zero-order chi connectivity index (χ0) is 39.2. The van der Waals surface area contributed by atoms with Gasteiger partial charge < -0.3 is 31.3 Å². The molecule has 1 aliphatic heterocycles. The SMILES string of the molecule is CC.CC.CC.CC(C)C.CC1CCN(C(=O)C(NC(=O)NCC(=O)OC2CCCC2)C(C)(C)C)C1C(=O)NC(CC1CCC1)C(=O)C(N)=O. The summed E-state index contributed by atoms with van der Waals surface area (Å²) in [4.78, 5) is 77.6. The van der Waals surface area contributed by atoms with Gasteiger partial charge in [0, 0.05) is 6.54 Å². The standard InChI is InChI=1S/C28H45N5O7.C4H10.3C2H6/c1-16-12-13-33(21(16)25(37)31-19(22(35)24(29)36)14-17-8-7-9-17)26(38)23(28(2,3)4)32-27(39)30-15-20(34)40-18-10-5-6-11-18;1-4(2)3;3*1-2/h16-19,21,23H,5-15H2,1-4H3,(H2,29,36)(H,31,37)(H2,30,32,39);4H,1-3H3;3*1-2H3. The largest absolute Gasteiger partial charge is 0.461 e. The molecule has 2 saturated carbocycles. The number of carbonyl (C=O) groups is 6. The van der Waals surface area contributed by atoms with E-state index in [1.165, 1.54) is 4.90 Å². The molecule has 1 saturated heterocycles. The van der Waals surface area contributed by atoms with Gasteiger partial charge in [0.15, 0.2) is 0 Å². The minimum atomic E-state index is -1.10. The molecule has 12 nitrogen and oxygen atoms in total. The Bertz CT molecular complexity index is 1030. The van der Waals surface area contributed by atoms with E-state index in [9.17, 15) is 28.8 Å². The van der Waals surface area contributed by atoms with Crippen LogP contribution in [0.1, 0.15) is 148 Å². The first-order valence-corrected chi connectivity index (χ1v) is 19.2. The Morgan fingerprint density at radius 2 is 1.34 bits per heavy atom. The molecule has 4 atom stereocenters. The number of primary amides is 1. The summed E-state index contributed by atoms with van der Waals surface area (Å²) in [6.07, 6.45) is 7.30. The van der Waals surface area contributed by atoms with Crippen LogP contribution in [-0.2, 0) is 28.7 Å². The maximum absolute atomic E-state index is 13.8. The molecule has 3 rings (SSSR count). The molecule has 1 heterocycles. The van der Waals surface area contributed by atoms with Gasteiger partial charge in [-0.05, 0) is 61.7 Å². The molecule has 2 aliphatic carbocycles. The van der Waals surface area contributed by atoms with E-state index in [1.807, 2.05) is 48.5 Å². The number of likely N-dealkylation sites (tertiary alicyclic amines) is 1. The van der Waals surface area contributed by atoms with Gasteiger partial charge in [-0.1, -0.05) is 109 Å². The van der Waals surface area contributed by atoms with Gasteiger partial charge in [-0.25, -0.2) is 4.79 Å². The van der Waals surface area contributed by atoms with Gasteiger partial charge in [0.2, 0.25) is 17.6 Å². The van der Waals surface area contributed by atoms with Gasteiger partial charge in [0.05, 0.1) is 6.04 Å². The molecule has 0 aromatic heterocycles. The third-order valence-electron chi connectivity index (χ3n) is 8.30. The molecule has 4 unspecified atom stereocenters. The number of ketones is 1. The number of Topliss-reactive ketones (excluding diaryl/α,β-unsaturated/α-hetero) is 1. The molecule has 3 aliphatic rings. The number of hydrogen-bond acceptors (Lipinski definition) is 7. The summed E-state index contributed by atoms with van der Waals surface area (Å²) < 4.78 is 5.36. The molecule has 0 aromatic rings. The number of nitrogens with zero attached hydrogens (tertiary/aromatic N) is 1. The first-order valence-electron chi connectivity index (χ1n) is 19.2. The highest BCUT2D eigenvalue weighted by Crippen LogP contribution is 2.32. The normalized spacial score (nSPS) is 19.5. The molecule has 5 N–H and O–H groups in total. The number of esters is 1. The maximum atomic E-state index is 13.8. The fourth-order valence-electron chi connectivity index (χ4n) is 5.70. The average Bonchev–Trinajstić information content (AvgIpc) is 3.70. The molecule has 5 amide bonds. The summed E-state index contributed by atoms with van der Waals surface area (Å²) in [5.74, 6) is -2.60. The number of urea groups is 1. The summed E-state index contributed by atoms with van der Waals surface area (Å²) in [7, 11) is 0. The van der Waals surface area contributed by atoms with Crippen LogP contribution in [0.25, 0.3) is 0 Å². The zero-order valence-electron chi connectivity index (χ0n) is 33.7. The highest BCUT2D eigenvalue weighted by atomic mass is 16.5. The molecular formula is C38H73N5O7. The maximum Gasteiger partial charge on any atom is 0.325 e. The van der Waals surface area contributed by atoms with Crippen molar-refractivity contribution < 1.29 is 33.5 Å². The second-order valence-electron chi connectivity index (χ2n) is 14.3. The van der Waals surface area contributed by atoms with Crippen molar-refractivity contribution in [3.8, 4) is 0 Å². The van der Waals surface area contributed by atoms with Gasteiger partial charge >= 0.3 is 12.0 Å². The summed E-state index contributed by atoms with van der Waals surface area (Å²) in [5, 5.41) is 7.85. The van der Waals surface area contributed by atoms with Crippen LogP contribution in [0.3, 0.4) is 0 Å². The predicted molar refractivity (Wildman–Crippen MR) is 200 cm³/mol. The molecule has 0 radical (unpaired) electrons. The Morgan fingerprint density at radius 1 is 0.820 bits per heavy atom. The lowest BCUT2D eigenvalue weighted by Crippen LogP contribution is -2.60. The van der Waals surface area contributed by atoms with Crippen LogP contribution < -0.4 is 21.7 Å². The highest BCUT2D eigenvalue weighted by Gasteiger charge is 2.45. The monoisotopic (exact) mass is 712 g/mol. The minimum Gasteiger partial charge on any atom is -0.461 e. The molecule has 0 bridgehead atoms. The first-order chi connectivity index (χ1) is 23.5. The predicted octanol–water partition coefficient (Wildman–Crippen LogP) is 5.89. The molecule has 3 fully saturated rings. The van der Waals surface area contributed by atoms with Crippen LogP contribution in [0.15, 0.2) is 0 Å². The molecule has 292 valence electrons. The number of ether oxygens (including phenoxy) is 1. The van der Waals surface area contributed by atoms with E-state index in [4.69, 9.17) is 10.5 Å². The van der Waals surface area contributed by atoms with E-state index in [0.717, 1.165) is 50.9 Å². The number of carbonyl (C=O) groups excluding carboxylic acids is 6. The van der Waals surface area contributed by atoms with E-state index < -0.39 is 59.0 Å². The third kappa shape index (κ3) is 17.7. The van der Waals surface area contributed by atoms with Crippen LogP contribution in [0.4, 0.5) is 4.79 Å². The van der Waals surface area contributed by atoms with Crippen molar-refractivity contribution >= 4 is 35.5 Å². The van der Waals surface area contributed by atoms with Crippen LogP contribution >= 0.6 is 0 Å². The Morgan fingerprint density at radius 3 is 1.78 bits per heavy atom. The van der Waals surface area contributed by atoms with Crippen molar-refractivity contribution in [2.45, 2.75) is 172 Å². The van der Waals surface area contributed by atoms with E-state index in [-0.39, 0.29) is 24.5 Å². The van der Waals surface area contributed by atoms with Crippen molar-refractivity contribution in [3.63, 3.8) is 0 Å². The summed E-state index contributed by atoms with van der Waals surface area (Å²) >= 11 is 0. The quantitative estimate of drug-likeness (QED) is 0.152. The molecule has 50 heavy (non-hydrogen) atoms. The highest BCUT2D eigenvalue weighted by molar-refractivity contribution is 6.37. The molecular weight excluding hydrogens is 638 g/mol. The van der Waals surface area contributed by atoms with Gasteiger partial charge in [-0.15, -0.1) is 0 Å². The van der Waals surface area contributed by atoms with Crippen molar-refractivity contribution in [3.05, 3.63) is 0 Å². The number of hydrogen-bond donors (Lipinski definition) is 4. The van der Waals surface area contributed by atoms with Crippen LogP contribution in [0.5, 0.6) is 0 Å². The smallest absolute Gasteiger partial charge is 0.325 e. The van der Waals surface area contributed by atoms with Crippen molar-refractivity contribution in [1.82, 2.24) is 20.9 Å². The topological polar surface area (TPSA) is 177 Å². The summed E-state index contributed by atoms with van der Waals surface area (Å²) in [5.41, 5.74) is 4.52. The van der Waals surface area contributed by atoms with Crippen LogP contribution in [0.2, 0.25) is 0 Å². The second-order valence-corrected chi connectivity index (χ2v) is 14.3. The van der Waals surface area contributed by atoms with Gasteiger partial charge in [0.25, 0.3) is 5.91 Å². The Hall–Kier alpha value is -3.18. The van der Waals surface area contributed by atoms with Gasteiger partial charge in [-0.2, -0.15) is 0 Å². The van der Waals surface area contributed by atoms with Crippen molar-refractivity contribution in [2.24, 2.45) is 28.9 Å². The second kappa shape index (κ2) is 25.7. The zero-order valence-corrected chi connectivity index (χ0v) is 33.7. The van der Waals surface area contributed by atoms with Gasteiger partial charge in [-0.3, -0.25) is 24.0 Å². The number of amides is 5. The van der Waals surface area contributed by atoms with Gasteiger partial charge in [0.1, 0.15) is 24.7 Å². The number of nitrogens with two attached hydrogens (primary N) is 1. The average molecular weight is 712 g/mol. The Kier molecular flexibility index (Phi) is 25.2. The third-order valence-corrected chi connectivity index (χ3v) is 8.30. The van der Waals surface area contributed by atoms with Crippen LogP contribution in [-0.4, -0.2) is 77.7 Å². The van der Waals surface area contributed by atoms with Crippen LogP contribution in [0, 0.1) is 23.2 Å². The summed E-state index contributed by atoms with van der Waals surface area (Å²) in [6, 6.07) is -3.62. The van der Waals surface area contributed by atoms with E-state index in [2.05, 4.69) is 36.7 Å². The summed E-state index contributed by atoms with van der Waals surface area (Å²) in [6.45, 7) is 25.7. The fourth-order valence-corrected chi connectivity index (χ4v) is 5.70. The molecule has 0 spiro atoms. The minimum absolute atomic E-state index is 0.118. The lowest BCUT2D eigenvalue weighted by molar-refractivity contribution is -0.147. The van der Waals surface area contributed by atoms with Crippen molar-refractivity contribution in [1.29, 1.82) is 0 Å². The molecule has 0 aromatic carbocycles. The Balaban J connectivity index is 0. The first kappa shape index (κ1) is 48.9. The van der Waals surface area contributed by atoms with E-state index in [0.29, 0.717) is 19.4 Å². The molecule has 12 heteroatoms.